The van der Waals surface area contributed by atoms with E-state index in [9.17, 15) is 0 Å². The van der Waals surface area contributed by atoms with Crippen LogP contribution in [0.15, 0.2) is 42.7 Å². The second kappa shape index (κ2) is 7.34. The maximum atomic E-state index is 5.67. The van der Waals surface area contributed by atoms with Crippen molar-refractivity contribution >= 4 is 12.2 Å². The average molecular weight is 269 g/mol. The second-order valence-electron chi connectivity index (χ2n) is 4.18. The summed E-state index contributed by atoms with van der Waals surface area (Å²) in [5, 5.41) is 0. The monoisotopic (exact) mass is 269 g/mol. The topological polar surface area (TPSA) is 31.4 Å². The van der Waals surface area contributed by atoms with E-state index in [2.05, 4.69) is 4.98 Å². The summed E-state index contributed by atoms with van der Waals surface area (Å²) in [6, 6.07) is 9.82. The zero-order valence-electron chi connectivity index (χ0n) is 11.9. The number of nitrogens with zero attached hydrogens (tertiary/aromatic N) is 1. The highest BCUT2D eigenvalue weighted by Gasteiger charge is 2.03. The van der Waals surface area contributed by atoms with Crippen molar-refractivity contribution in [3.05, 3.63) is 53.9 Å². The lowest BCUT2D eigenvalue weighted by Gasteiger charge is -2.10. The van der Waals surface area contributed by atoms with E-state index in [1.807, 2.05) is 56.3 Å². The normalized spacial score (nSPS) is 10.7. The van der Waals surface area contributed by atoms with Crippen molar-refractivity contribution in [3.8, 4) is 11.5 Å². The summed E-state index contributed by atoms with van der Waals surface area (Å²) in [5.41, 5.74) is 2.14. The lowest BCUT2D eigenvalue weighted by molar-refractivity contribution is 0.322. The Hall–Kier alpha value is -2.29. The minimum absolute atomic E-state index is 0.631. The quantitative estimate of drug-likeness (QED) is 0.792. The van der Waals surface area contributed by atoms with E-state index >= 15 is 0 Å². The van der Waals surface area contributed by atoms with Crippen LogP contribution in [-0.4, -0.2) is 18.2 Å². The number of ether oxygens (including phenoxy) is 2. The summed E-state index contributed by atoms with van der Waals surface area (Å²) in [6.45, 7) is 5.23. The molecule has 104 valence electrons. The predicted octanol–water partition coefficient (Wildman–Crippen LogP) is 4.05. The van der Waals surface area contributed by atoms with Crippen molar-refractivity contribution in [3.63, 3.8) is 0 Å². The molecule has 0 bridgehead atoms. The first-order valence-electron chi connectivity index (χ1n) is 6.81. The van der Waals surface area contributed by atoms with Crippen molar-refractivity contribution < 1.29 is 9.47 Å². The molecular formula is C17H19NO2. The van der Waals surface area contributed by atoms with Crippen LogP contribution in [-0.2, 0) is 0 Å². The van der Waals surface area contributed by atoms with Crippen molar-refractivity contribution in [1.29, 1.82) is 0 Å². The minimum atomic E-state index is 0.631. The lowest BCUT2D eigenvalue weighted by Crippen LogP contribution is -1.96. The first kappa shape index (κ1) is 14.1. The zero-order chi connectivity index (χ0) is 14.2. The molecule has 0 spiro atoms. The van der Waals surface area contributed by atoms with Crippen molar-refractivity contribution in [1.82, 2.24) is 4.98 Å². The maximum absolute atomic E-state index is 5.67. The molecule has 0 radical (unpaired) electrons. The molecule has 0 saturated carbocycles. The molecule has 0 aliphatic heterocycles. The van der Waals surface area contributed by atoms with Crippen LogP contribution in [0.25, 0.3) is 12.2 Å². The van der Waals surface area contributed by atoms with Gasteiger partial charge in [-0.05, 0) is 43.7 Å². The van der Waals surface area contributed by atoms with Gasteiger partial charge in [0.1, 0.15) is 11.5 Å². The van der Waals surface area contributed by atoms with Crippen LogP contribution in [0.1, 0.15) is 25.0 Å². The Bertz CT molecular complexity index is 564. The fourth-order valence-electron chi connectivity index (χ4n) is 1.85. The Balaban J connectivity index is 2.24. The number of aromatic nitrogens is 1. The average Bonchev–Trinajstić information content (AvgIpc) is 2.48. The summed E-state index contributed by atoms with van der Waals surface area (Å²) in [6.07, 6.45) is 7.64. The molecule has 0 aliphatic rings. The van der Waals surface area contributed by atoms with Gasteiger partial charge in [0.05, 0.1) is 13.2 Å². The number of pyridine rings is 1. The summed E-state index contributed by atoms with van der Waals surface area (Å²) in [5.74, 6) is 1.67. The van der Waals surface area contributed by atoms with E-state index in [0.717, 1.165) is 22.6 Å². The molecule has 1 heterocycles. The second-order valence-corrected chi connectivity index (χ2v) is 4.18. The molecule has 0 saturated heterocycles. The van der Waals surface area contributed by atoms with Crippen molar-refractivity contribution in [2.75, 3.05) is 13.2 Å². The fraction of sp³-hybridized carbons (Fsp3) is 0.235. The Labute approximate surface area is 119 Å². The Morgan fingerprint density at radius 1 is 0.950 bits per heavy atom. The van der Waals surface area contributed by atoms with E-state index in [1.165, 1.54) is 0 Å². The fourth-order valence-corrected chi connectivity index (χ4v) is 1.85. The van der Waals surface area contributed by atoms with Crippen LogP contribution >= 0.6 is 0 Å². The molecule has 20 heavy (non-hydrogen) atoms. The lowest BCUT2D eigenvalue weighted by atomic mass is 10.1. The van der Waals surface area contributed by atoms with Gasteiger partial charge in [0, 0.05) is 24.0 Å². The van der Waals surface area contributed by atoms with Gasteiger partial charge in [-0.25, -0.2) is 0 Å². The Morgan fingerprint density at radius 2 is 1.70 bits per heavy atom. The molecular weight excluding hydrogens is 250 g/mol. The highest BCUT2D eigenvalue weighted by atomic mass is 16.5. The molecule has 1 aromatic carbocycles. The van der Waals surface area contributed by atoms with Crippen molar-refractivity contribution in [2.45, 2.75) is 13.8 Å². The molecule has 0 fully saturated rings. The third-order valence-corrected chi connectivity index (χ3v) is 2.76. The molecule has 3 nitrogen and oxygen atoms in total. The SMILES string of the molecule is CCOc1ccc(/C=C/c2ccncc2)c(OCC)c1. The first-order valence-corrected chi connectivity index (χ1v) is 6.81. The summed E-state index contributed by atoms with van der Waals surface area (Å²) >= 11 is 0. The van der Waals surface area contributed by atoms with Gasteiger partial charge >= 0.3 is 0 Å². The van der Waals surface area contributed by atoms with E-state index in [4.69, 9.17) is 9.47 Å². The maximum Gasteiger partial charge on any atom is 0.130 e. The first-order chi connectivity index (χ1) is 9.83. The van der Waals surface area contributed by atoms with Crippen LogP contribution in [0.2, 0.25) is 0 Å². The number of benzene rings is 1. The van der Waals surface area contributed by atoms with E-state index < -0.39 is 0 Å². The molecule has 1 aromatic heterocycles. The van der Waals surface area contributed by atoms with Gasteiger partial charge in [0.2, 0.25) is 0 Å². The van der Waals surface area contributed by atoms with Crippen LogP contribution in [0.4, 0.5) is 0 Å². The van der Waals surface area contributed by atoms with E-state index in [1.54, 1.807) is 12.4 Å². The van der Waals surface area contributed by atoms with Gasteiger partial charge in [-0.3, -0.25) is 4.98 Å². The van der Waals surface area contributed by atoms with Gasteiger partial charge in [-0.2, -0.15) is 0 Å². The van der Waals surface area contributed by atoms with Crippen LogP contribution in [0.3, 0.4) is 0 Å². The largest absolute Gasteiger partial charge is 0.494 e. The van der Waals surface area contributed by atoms with Gasteiger partial charge in [-0.15, -0.1) is 0 Å². The van der Waals surface area contributed by atoms with Crippen LogP contribution < -0.4 is 9.47 Å². The number of hydrogen-bond acceptors (Lipinski definition) is 3. The summed E-state index contributed by atoms with van der Waals surface area (Å²) in [7, 11) is 0. The van der Waals surface area contributed by atoms with Gasteiger partial charge in [-0.1, -0.05) is 12.2 Å². The minimum Gasteiger partial charge on any atom is -0.494 e. The molecule has 2 aromatic rings. The Morgan fingerprint density at radius 3 is 2.40 bits per heavy atom. The standard InChI is InChI=1S/C17H19NO2/c1-3-19-16-8-7-15(17(13-16)20-4-2)6-5-14-9-11-18-12-10-14/h5-13H,3-4H2,1-2H3/b6-5+. The van der Waals surface area contributed by atoms with Gasteiger partial charge < -0.3 is 9.47 Å². The third kappa shape index (κ3) is 3.85. The number of hydrogen-bond donors (Lipinski definition) is 0. The highest BCUT2D eigenvalue weighted by molar-refractivity contribution is 5.72. The molecule has 3 heteroatoms. The molecule has 0 aliphatic carbocycles. The molecule has 0 amide bonds. The summed E-state index contributed by atoms with van der Waals surface area (Å²) in [4.78, 5) is 4.00. The highest BCUT2D eigenvalue weighted by Crippen LogP contribution is 2.26. The third-order valence-electron chi connectivity index (χ3n) is 2.76. The molecule has 0 unspecified atom stereocenters. The number of rotatable bonds is 6. The van der Waals surface area contributed by atoms with Gasteiger partial charge in [0.15, 0.2) is 0 Å². The van der Waals surface area contributed by atoms with Crippen LogP contribution in [0, 0.1) is 0 Å². The zero-order valence-corrected chi connectivity index (χ0v) is 11.9. The summed E-state index contributed by atoms with van der Waals surface area (Å²) < 4.78 is 11.2. The molecule has 0 N–H and O–H groups in total. The smallest absolute Gasteiger partial charge is 0.130 e. The predicted molar refractivity (Wildman–Crippen MR) is 81.9 cm³/mol. The van der Waals surface area contributed by atoms with E-state index in [0.29, 0.717) is 13.2 Å². The molecule has 0 atom stereocenters. The Kier molecular flexibility index (Phi) is 5.18. The van der Waals surface area contributed by atoms with Crippen LogP contribution in [0.5, 0.6) is 11.5 Å². The van der Waals surface area contributed by atoms with E-state index in [-0.39, 0.29) is 0 Å². The van der Waals surface area contributed by atoms with Crippen molar-refractivity contribution in [2.24, 2.45) is 0 Å². The van der Waals surface area contributed by atoms with Gasteiger partial charge in [0.25, 0.3) is 0 Å². The molecule has 2 rings (SSSR count).